The Kier molecular flexibility index (Phi) is 3.65. The summed E-state index contributed by atoms with van der Waals surface area (Å²) in [6.45, 7) is 0. The van der Waals surface area contributed by atoms with Crippen LogP contribution in [0.3, 0.4) is 0 Å². The van der Waals surface area contributed by atoms with Crippen LogP contribution in [0.25, 0.3) is 11.5 Å². The van der Waals surface area contributed by atoms with E-state index in [0.717, 1.165) is 5.56 Å². The Morgan fingerprint density at radius 2 is 2.00 bits per heavy atom. The smallest absolute Gasteiger partial charge is 0.335 e. The second-order valence-corrected chi connectivity index (χ2v) is 4.68. The quantitative estimate of drug-likeness (QED) is 0.800. The van der Waals surface area contributed by atoms with Gasteiger partial charge in [0.1, 0.15) is 5.82 Å². The summed E-state index contributed by atoms with van der Waals surface area (Å²) in [5.41, 5.74) is 1.16. The molecule has 0 unspecified atom stereocenters. The predicted molar refractivity (Wildman–Crippen MR) is 75.9 cm³/mol. The molecule has 0 bridgehead atoms. The van der Waals surface area contributed by atoms with Gasteiger partial charge in [0.05, 0.1) is 11.1 Å². The number of carboxylic acids is 1. The van der Waals surface area contributed by atoms with Gasteiger partial charge in [-0.15, -0.1) is 0 Å². The van der Waals surface area contributed by atoms with Gasteiger partial charge in [-0.1, -0.05) is 29.4 Å². The topological polar surface area (TPSA) is 76.2 Å². The molecule has 0 saturated carbocycles. The molecule has 0 spiro atoms. The van der Waals surface area contributed by atoms with Crippen molar-refractivity contribution in [2.24, 2.45) is 0 Å². The minimum Gasteiger partial charge on any atom is -0.478 e. The van der Waals surface area contributed by atoms with Crippen LogP contribution in [0, 0.1) is 5.82 Å². The van der Waals surface area contributed by atoms with Crippen molar-refractivity contribution in [2.75, 3.05) is 0 Å². The first-order valence-corrected chi connectivity index (χ1v) is 6.53. The summed E-state index contributed by atoms with van der Waals surface area (Å²) in [6, 6.07) is 12.6. The summed E-state index contributed by atoms with van der Waals surface area (Å²) in [4.78, 5) is 15.1. The number of aromatic nitrogens is 2. The third-order valence-corrected chi connectivity index (χ3v) is 3.11. The Labute approximate surface area is 125 Å². The Morgan fingerprint density at radius 1 is 1.18 bits per heavy atom. The van der Waals surface area contributed by atoms with Crippen LogP contribution in [-0.4, -0.2) is 21.2 Å². The number of hydrogen-bond donors (Lipinski definition) is 1. The van der Waals surface area contributed by atoms with Crippen molar-refractivity contribution in [2.45, 2.75) is 6.42 Å². The zero-order chi connectivity index (χ0) is 15.5. The van der Waals surface area contributed by atoms with Crippen molar-refractivity contribution < 1.29 is 18.8 Å². The number of aromatic carboxylic acids is 1. The van der Waals surface area contributed by atoms with E-state index in [1.54, 1.807) is 36.4 Å². The molecule has 0 aliphatic heterocycles. The molecule has 1 aromatic heterocycles. The van der Waals surface area contributed by atoms with Crippen LogP contribution in [0.5, 0.6) is 0 Å². The number of halogens is 1. The standard InChI is InChI=1S/C16H11FN2O3/c17-13-7-2-1-6-12(13)15-18-14(19-22-15)9-10-4-3-5-11(8-10)16(20)21/h1-8H,9H2,(H,20,21). The third kappa shape index (κ3) is 2.85. The average Bonchev–Trinajstić information content (AvgIpc) is 2.96. The summed E-state index contributed by atoms with van der Waals surface area (Å²) in [7, 11) is 0. The zero-order valence-electron chi connectivity index (χ0n) is 11.4. The molecule has 3 aromatic rings. The molecular formula is C16H11FN2O3. The Morgan fingerprint density at radius 3 is 2.77 bits per heavy atom. The summed E-state index contributed by atoms with van der Waals surface area (Å²) in [5.74, 6) is -0.976. The molecule has 5 nitrogen and oxygen atoms in total. The highest BCUT2D eigenvalue weighted by Crippen LogP contribution is 2.21. The van der Waals surface area contributed by atoms with E-state index in [2.05, 4.69) is 10.1 Å². The number of rotatable bonds is 4. The van der Waals surface area contributed by atoms with Gasteiger partial charge in [-0.25, -0.2) is 9.18 Å². The monoisotopic (exact) mass is 298 g/mol. The lowest BCUT2D eigenvalue weighted by Crippen LogP contribution is -1.98. The molecule has 2 aromatic carbocycles. The van der Waals surface area contributed by atoms with Gasteiger partial charge < -0.3 is 9.63 Å². The Bertz CT molecular complexity index is 830. The summed E-state index contributed by atoms with van der Waals surface area (Å²) in [5, 5.41) is 12.8. The summed E-state index contributed by atoms with van der Waals surface area (Å²) in [6.07, 6.45) is 0.305. The fraction of sp³-hybridized carbons (Fsp3) is 0.0625. The molecule has 110 valence electrons. The highest BCUT2D eigenvalue weighted by Gasteiger charge is 2.13. The van der Waals surface area contributed by atoms with E-state index in [1.165, 1.54) is 12.1 Å². The maximum absolute atomic E-state index is 13.7. The highest BCUT2D eigenvalue weighted by atomic mass is 19.1. The second kappa shape index (κ2) is 5.77. The van der Waals surface area contributed by atoms with E-state index in [-0.39, 0.29) is 17.0 Å². The van der Waals surface area contributed by atoms with Crippen LogP contribution in [0.1, 0.15) is 21.7 Å². The number of benzene rings is 2. The minimum atomic E-state index is -0.998. The van der Waals surface area contributed by atoms with E-state index < -0.39 is 11.8 Å². The molecule has 0 aliphatic carbocycles. The third-order valence-electron chi connectivity index (χ3n) is 3.11. The normalized spacial score (nSPS) is 10.6. The van der Waals surface area contributed by atoms with Crippen molar-refractivity contribution in [3.63, 3.8) is 0 Å². The highest BCUT2D eigenvalue weighted by molar-refractivity contribution is 5.87. The first-order valence-electron chi connectivity index (χ1n) is 6.53. The van der Waals surface area contributed by atoms with Crippen LogP contribution >= 0.6 is 0 Å². The minimum absolute atomic E-state index is 0.0995. The van der Waals surface area contributed by atoms with Crippen LogP contribution in [0.2, 0.25) is 0 Å². The molecule has 0 fully saturated rings. The van der Waals surface area contributed by atoms with Gasteiger partial charge in [-0.2, -0.15) is 4.98 Å². The van der Waals surface area contributed by atoms with Crippen molar-refractivity contribution in [1.29, 1.82) is 0 Å². The molecule has 0 atom stereocenters. The average molecular weight is 298 g/mol. The Balaban J connectivity index is 1.85. The van der Waals surface area contributed by atoms with Gasteiger partial charge in [0.25, 0.3) is 5.89 Å². The van der Waals surface area contributed by atoms with Gasteiger partial charge in [0.15, 0.2) is 5.82 Å². The first kappa shape index (κ1) is 13.9. The molecule has 0 aliphatic rings. The van der Waals surface area contributed by atoms with Crippen molar-refractivity contribution in [3.05, 3.63) is 71.3 Å². The molecule has 0 amide bonds. The number of carboxylic acid groups (broad SMARTS) is 1. The summed E-state index contributed by atoms with van der Waals surface area (Å²) >= 11 is 0. The van der Waals surface area contributed by atoms with E-state index >= 15 is 0 Å². The van der Waals surface area contributed by atoms with E-state index in [4.69, 9.17) is 9.63 Å². The van der Waals surface area contributed by atoms with Crippen molar-refractivity contribution in [3.8, 4) is 11.5 Å². The fourth-order valence-electron chi connectivity index (χ4n) is 2.07. The zero-order valence-corrected chi connectivity index (χ0v) is 11.4. The molecule has 3 rings (SSSR count). The van der Waals surface area contributed by atoms with Crippen LogP contribution in [-0.2, 0) is 6.42 Å². The first-order chi connectivity index (χ1) is 10.6. The molecule has 22 heavy (non-hydrogen) atoms. The lowest BCUT2D eigenvalue weighted by atomic mass is 10.1. The maximum atomic E-state index is 13.7. The second-order valence-electron chi connectivity index (χ2n) is 4.68. The van der Waals surface area contributed by atoms with Gasteiger partial charge in [0.2, 0.25) is 0 Å². The summed E-state index contributed by atoms with van der Waals surface area (Å²) < 4.78 is 18.7. The van der Waals surface area contributed by atoms with Crippen LogP contribution in [0.15, 0.2) is 53.1 Å². The number of nitrogens with zero attached hydrogens (tertiary/aromatic N) is 2. The molecule has 0 saturated heterocycles. The predicted octanol–water partition coefficient (Wildman–Crippen LogP) is 3.16. The van der Waals surface area contributed by atoms with E-state index in [9.17, 15) is 9.18 Å². The van der Waals surface area contributed by atoms with E-state index in [1.807, 2.05) is 0 Å². The SMILES string of the molecule is O=C(O)c1cccc(Cc2noc(-c3ccccc3F)n2)c1. The van der Waals surface area contributed by atoms with Gasteiger partial charge >= 0.3 is 5.97 Å². The lowest BCUT2D eigenvalue weighted by molar-refractivity contribution is 0.0696. The molecular weight excluding hydrogens is 287 g/mol. The number of hydrogen-bond acceptors (Lipinski definition) is 4. The van der Waals surface area contributed by atoms with Crippen LogP contribution < -0.4 is 0 Å². The molecule has 0 radical (unpaired) electrons. The van der Waals surface area contributed by atoms with Crippen molar-refractivity contribution >= 4 is 5.97 Å². The molecule has 1 N–H and O–H groups in total. The largest absolute Gasteiger partial charge is 0.478 e. The van der Waals surface area contributed by atoms with Crippen molar-refractivity contribution in [1.82, 2.24) is 10.1 Å². The van der Waals surface area contributed by atoms with E-state index in [0.29, 0.717) is 12.2 Å². The fourth-order valence-corrected chi connectivity index (χ4v) is 2.07. The maximum Gasteiger partial charge on any atom is 0.335 e. The Hall–Kier alpha value is -3.02. The molecule has 6 heteroatoms. The van der Waals surface area contributed by atoms with Gasteiger partial charge in [-0.3, -0.25) is 0 Å². The number of carbonyl (C=O) groups is 1. The lowest BCUT2D eigenvalue weighted by Gasteiger charge is -1.99. The van der Waals surface area contributed by atoms with Gasteiger partial charge in [-0.05, 0) is 29.8 Å². The van der Waals surface area contributed by atoms with Gasteiger partial charge in [0, 0.05) is 6.42 Å². The molecule has 1 heterocycles. The van der Waals surface area contributed by atoms with Crippen LogP contribution in [0.4, 0.5) is 4.39 Å².